The van der Waals surface area contributed by atoms with E-state index in [4.69, 9.17) is 14.7 Å². The van der Waals surface area contributed by atoms with E-state index in [1.807, 2.05) is 0 Å². The minimum Gasteiger partial charge on any atom is -0.490 e. The van der Waals surface area contributed by atoms with Crippen LogP contribution < -0.4 is 4.74 Å². The van der Waals surface area contributed by atoms with E-state index in [-0.39, 0.29) is 5.56 Å². The van der Waals surface area contributed by atoms with Gasteiger partial charge in [0.15, 0.2) is 23.3 Å². The van der Waals surface area contributed by atoms with Crippen LogP contribution in [-0.2, 0) is 4.74 Å². The fourth-order valence-corrected chi connectivity index (χ4v) is 3.13. The van der Waals surface area contributed by atoms with Gasteiger partial charge >= 0.3 is 6.18 Å². The zero-order valence-corrected chi connectivity index (χ0v) is 11.2. The maximum absolute atomic E-state index is 13.8. The molecule has 8 heteroatoms. The molecule has 1 saturated heterocycles. The van der Waals surface area contributed by atoms with Crippen LogP contribution in [0.1, 0.15) is 18.4 Å². The first-order valence-corrected chi connectivity index (χ1v) is 6.45. The molecular formula is C14H10F5NO2. The maximum Gasteiger partial charge on any atom is 0.417 e. The van der Waals surface area contributed by atoms with Crippen molar-refractivity contribution >= 4 is 0 Å². The highest BCUT2D eigenvalue weighted by Gasteiger charge is 2.67. The second-order valence-corrected chi connectivity index (χ2v) is 5.50. The van der Waals surface area contributed by atoms with Crippen molar-refractivity contribution < 1.29 is 31.4 Å². The van der Waals surface area contributed by atoms with E-state index < -0.39 is 53.7 Å². The Hall–Kier alpha value is -1.88. The van der Waals surface area contributed by atoms with Crippen molar-refractivity contribution in [1.29, 1.82) is 5.26 Å². The van der Waals surface area contributed by atoms with Gasteiger partial charge in [0.05, 0.1) is 12.7 Å². The quantitative estimate of drug-likeness (QED) is 0.689. The summed E-state index contributed by atoms with van der Waals surface area (Å²) >= 11 is 0. The van der Waals surface area contributed by atoms with E-state index in [1.54, 1.807) is 6.07 Å². The highest BCUT2D eigenvalue weighted by Crippen LogP contribution is 2.56. The number of nitrogens with zero attached hydrogens (tertiary/aromatic N) is 1. The van der Waals surface area contributed by atoms with Crippen LogP contribution in [0.3, 0.4) is 0 Å². The molecule has 1 fully saturated rings. The number of alkyl halides is 3. The molecule has 0 bridgehead atoms. The molecule has 3 nitrogen and oxygen atoms in total. The third-order valence-corrected chi connectivity index (χ3v) is 4.38. The van der Waals surface area contributed by atoms with Crippen LogP contribution in [-0.4, -0.2) is 24.5 Å². The lowest BCUT2D eigenvalue weighted by molar-refractivity contribution is -0.274. The van der Waals surface area contributed by atoms with Crippen LogP contribution in [0.25, 0.3) is 0 Å². The number of benzene rings is 1. The van der Waals surface area contributed by atoms with Gasteiger partial charge in [-0.15, -0.1) is 0 Å². The van der Waals surface area contributed by atoms with E-state index >= 15 is 0 Å². The average molecular weight is 319 g/mol. The molecule has 0 aromatic heterocycles. The minimum absolute atomic E-state index is 0.0228. The lowest BCUT2D eigenvalue weighted by Gasteiger charge is -2.36. The van der Waals surface area contributed by atoms with E-state index in [2.05, 4.69) is 0 Å². The summed E-state index contributed by atoms with van der Waals surface area (Å²) < 4.78 is 76.9. The first kappa shape index (κ1) is 15.0. The van der Waals surface area contributed by atoms with Crippen LogP contribution in [0.5, 0.6) is 5.75 Å². The Labute approximate surface area is 122 Å². The molecular weight excluding hydrogens is 309 g/mol. The monoisotopic (exact) mass is 319 g/mol. The summed E-state index contributed by atoms with van der Waals surface area (Å²) in [6, 6.07) is 3.61. The molecule has 2 aliphatic rings. The third-order valence-electron chi connectivity index (χ3n) is 4.38. The Kier molecular flexibility index (Phi) is 3.11. The van der Waals surface area contributed by atoms with Crippen LogP contribution in [0.4, 0.5) is 22.0 Å². The van der Waals surface area contributed by atoms with Gasteiger partial charge < -0.3 is 9.47 Å². The van der Waals surface area contributed by atoms with E-state index in [0.717, 1.165) is 19.1 Å². The van der Waals surface area contributed by atoms with Crippen molar-refractivity contribution in [2.45, 2.75) is 30.7 Å². The molecule has 3 rings (SSSR count). The van der Waals surface area contributed by atoms with Crippen LogP contribution in [0.15, 0.2) is 12.1 Å². The lowest BCUT2D eigenvalue weighted by Crippen LogP contribution is -2.50. The molecule has 22 heavy (non-hydrogen) atoms. The van der Waals surface area contributed by atoms with Gasteiger partial charge in [-0.1, -0.05) is 6.07 Å². The number of fused-ring (bicyclic) bond motifs is 3. The van der Waals surface area contributed by atoms with Gasteiger partial charge in [-0.2, -0.15) is 22.8 Å². The van der Waals surface area contributed by atoms with Crippen molar-refractivity contribution in [3.8, 4) is 11.8 Å². The predicted molar refractivity (Wildman–Crippen MR) is 63.0 cm³/mol. The Bertz CT molecular complexity index is 668. The highest BCUT2D eigenvalue weighted by molar-refractivity contribution is 5.43. The molecule has 118 valence electrons. The number of ether oxygens (including phenoxy) is 2. The SMILES string of the molecule is C[C@@]1(C(F)(F)F)O[C@@H](C#N)[C@@H]2c3ccc(F)c(F)c3OC[C@@H]21. The Morgan fingerprint density at radius 1 is 1.32 bits per heavy atom. The van der Waals surface area contributed by atoms with Gasteiger partial charge in [0.1, 0.15) is 0 Å². The summed E-state index contributed by atoms with van der Waals surface area (Å²) in [6.07, 6.45) is -6.13. The zero-order chi connectivity index (χ0) is 16.3. The van der Waals surface area contributed by atoms with Crippen molar-refractivity contribution in [1.82, 2.24) is 0 Å². The first-order chi connectivity index (χ1) is 10.2. The van der Waals surface area contributed by atoms with Gasteiger partial charge in [-0.3, -0.25) is 0 Å². The van der Waals surface area contributed by atoms with Gasteiger partial charge in [0.25, 0.3) is 0 Å². The third kappa shape index (κ3) is 1.81. The summed E-state index contributed by atoms with van der Waals surface area (Å²) in [5, 5.41) is 9.10. The lowest BCUT2D eigenvalue weighted by atomic mass is 9.75. The molecule has 4 atom stereocenters. The topological polar surface area (TPSA) is 42.2 Å². The van der Waals surface area contributed by atoms with Crippen LogP contribution >= 0.6 is 0 Å². The second-order valence-electron chi connectivity index (χ2n) is 5.50. The second kappa shape index (κ2) is 4.56. The van der Waals surface area contributed by atoms with Gasteiger partial charge in [0, 0.05) is 17.4 Å². The fraction of sp³-hybridized carbons (Fsp3) is 0.500. The largest absolute Gasteiger partial charge is 0.490 e. The molecule has 0 aliphatic carbocycles. The molecule has 0 radical (unpaired) electrons. The summed E-state index contributed by atoms with van der Waals surface area (Å²) in [7, 11) is 0. The zero-order valence-electron chi connectivity index (χ0n) is 11.2. The van der Waals surface area contributed by atoms with Gasteiger partial charge in [-0.05, 0) is 13.0 Å². The van der Waals surface area contributed by atoms with Gasteiger partial charge in [0.2, 0.25) is 5.82 Å². The number of halogens is 5. The molecule has 1 aromatic carbocycles. The summed E-state index contributed by atoms with van der Waals surface area (Å²) in [6.45, 7) is 0.336. The normalized spacial score (nSPS) is 33.6. The molecule has 2 aliphatic heterocycles. The average Bonchev–Trinajstić information content (AvgIpc) is 2.77. The van der Waals surface area contributed by atoms with Gasteiger partial charge in [-0.25, -0.2) is 4.39 Å². The maximum atomic E-state index is 13.8. The molecule has 0 N–H and O–H groups in total. The molecule has 2 heterocycles. The Morgan fingerprint density at radius 3 is 2.59 bits per heavy atom. The predicted octanol–water partition coefficient (Wildman–Crippen LogP) is 3.30. The first-order valence-electron chi connectivity index (χ1n) is 6.45. The smallest absolute Gasteiger partial charge is 0.417 e. The summed E-state index contributed by atoms with van der Waals surface area (Å²) in [5.41, 5.74) is -2.56. The number of nitriles is 1. The van der Waals surface area contributed by atoms with E-state index in [9.17, 15) is 22.0 Å². The molecule has 0 unspecified atom stereocenters. The standard InChI is InChI=1S/C14H10F5NO2/c1-13(14(17,18)19)7-5-21-12-6(2-3-8(15)11(12)16)10(7)9(4-20)22-13/h2-3,7,9-10H,5H2,1H3/t7-,9-,10+,13+/m0/s1. The molecule has 0 saturated carbocycles. The minimum atomic E-state index is -4.72. The van der Waals surface area contributed by atoms with E-state index in [0.29, 0.717) is 0 Å². The Morgan fingerprint density at radius 2 is 2.00 bits per heavy atom. The van der Waals surface area contributed by atoms with Crippen LogP contribution in [0, 0.1) is 28.9 Å². The van der Waals surface area contributed by atoms with Crippen molar-refractivity contribution in [3.05, 3.63) is 29.3 Å². The number of hydrogen-bond acceptors (Lipinski definition) is 3. The number of rotatable bonds is 0. The molecule has 0 amide bonds. The summed E-state index contributed by atoms with van der Waals surface area (Å²) in [5.74, 6) is -5.13. The fourth-order valence-electron chi connectivity index (χ4n) is 3.13. The highest BCUT2D eigenvalue weighted by atomic mass is 19.4. The van der Waals surface area contributed by atoms with Crippen molar-refractivity contribution in [3.63, 3.8) is 0 Å². The molecule has 0 spiro atoms. The number of hydrogen-bond donors (Lipinski definition) is 0. The Balaban J connectivity index is 2.14. The van der Waals surface area contributed by atoms with Crippen LogP contribution in [0.2, 0.25) is 0 Å². The van der Waals surface area contributed by atoms with E-state index in [1.165, 1.54) is 0 Å². The molecule has 1 aromatic rings. The summed E-state index contributed by atoms with van der Waals surface area (Å²) in [4.78, 5) is 0. The van der Waals surface area contributed by atoms with Crippen molar-refractivity contribution in [2.75, 3.05) is 6.61 Å². The van der Waals surface area contributed by atoms with Crippen molar-refractivity contribution in [2.24, 2.45) is 5.92 Å².